The number of rotatable bonds is 1. The van der Waals surface area contributed by atoms with Gasteiger partial charge in [-0.3, -0.25) is 4.31 Å². The zero-order chi connectivity index (χ0) is 11.0. The zero-order valence-corrected chi connectivity index (χ0v) is 9.80. The molecule has 80 valence electrons. The quantitative estimate of drug-likeness (QED) is 0.721. The Morgan fingerprint density at radius 3 is 2.80 bits per heavy atom. The van der Waals surface area contributed by atoms with E-state index in [-0.39, 0.29) is 0 Å². The molecule has 0 aromatic carbocycles. The number of fused-ring (bicyclic) bond motifs is 1. The Morgan fingerprint density at radius 1 is 1.40 bits per heavy atom. The van der Waals surface area contributed by atoms with Gasteiger partial charge in [0.15, 0.2) is 11.7 Å². The van der Waals surface area contributed by atoms with Crippen molar-refractivity contribution in [2.24, 2.45) is 10.1 Å². The topological polar surface area (TPSA) is 67.4 Å². The summed E-state index contributed by atoms with van der Waals surface area (Å²) in [6.45, 7) is 4.01. The standard InChI is InChI=1S/C9H13N5S/c1-4-6-5(2)11-7-8(10)13-15-14(3)9(7)12-6/h4H2,1-3H3,(H2,10,13). The monoisotopic (exact) mass is 223 g/mol. The van der Waals surface area contributed by atoms with Gasteiger partial charge in [-0.2, -0.15) is 4.40 Å². The van der Waals surface area contributed by atoms with Crippen LogP contribution in [0.3, 0.4) is 0 Å². The Bertz CT molecular complexity index is 429. The fourth-order valence-electron chi connectivity index (χ4n) is 1.46. The highest BCUT2D eigenvalue weighted by molar-refractivity contribution is 7.99. The maximum atomic E-state index is 5.77. The minimum Gasteiger partial charge on any atom is -0.381 e. The second-order valence-electron chi connectivity index (χ2n) is 3.34. The summed E-state index contributed by atoms with van der Waals surface area (Å²) in [6.07, 6.45) is 0.877. The Kier molecular flexibility index (Phi) is 2.52. The third-order valence-electron chi connectivity index (χ3n) is 2.29. The molecule has 1 aromatic rings. The Labute approximate surface area is 93.1 Å². The molecule has 2 N–H and O–H groups in total. The number of hydrogen-bond donors (Lipinski definition) is 1. The van der Waals surface area contributed by atoms with Crippen molar-refractivity contribution in [1.82, 2.24) is 9.97 Å². The molecule has 0 unspecified atom stereocenters. The molecule has 5 nitrogen and oxygen atoms in total. The predicted molar refractivity (Wildman–Crippen MR) is 62.9 cm³/mol. The summed E-state index contributed by atoms with van der Waals surface area (Å²) in [5, 5.41) is 0. The summed E-state index contributed by atoms with van der Waals surface area (Å²) in [5.41, 5.74) is 8.39. The van der Waals surface area contributed by atoms with Crippen LogP contribution in [0.15, 0.2) is 4.40 Å². The second-order valence-corrected chi connectivity index (χ2v) is 4.23. The first kappa shape index (κ1) is 10.2. The summed E-state index contributed by atoms with van der Waals surface area (Å²) < 4.78 is 5.96. The van der Waals surface area contributed by atoms with Crippen LogP contribution >= 0.6 is 12.1 Å². The lowest BCUT2D eigenvalue weighted by atomic mass is 10.2. The van der Waals surface area contributed by atoms with Gasteiger partial charge in [-0.25, -0.2) is 9.97 Å². The van der Waals surface area contributed by atoms with Gasteiger partial charge in [0.25, 0.3) is 0 Å². The average molecular weight is 223 g/mol. The van der Waals surface area contributed by atoms with Gasteiger partial charge in [0.1, 0.15) is 5.69 Å². The van der Waals surface area contributed by atoms with Crippen LogP contribution in [0.25, 0.3) is 0 Å². The number of nitrogens with zero attached hydrogens (tertiary/aromatic N) is 4. The molecule has 0 atom stereocenters. The van der Waals surface area contributed by atoms with E-state index in [1.165, 1.54) is 12.1 Å². The normalized spacial score (nSPS) is 14.9. The molecular formula is C9H13N5S. The van der Waals surface area contributed by atoms with E-state index in [1.54, 1.807) is 0 Å². The number of nitrogens with two attached hydrogens (primary N) is 1. The van der Waals surface area contributed by atoms with Crippen molar-refractivity contribution in [2.75, 3.05) is 11.4 Å². The Hall–Kier alpha value is -1.30. The van der Waals surface area contributed by atoms with E-state index < -0.39 is 0 Å². The smallest absolute Gasteiger partial charge is 0.169 e. The summed E-state index contributed by atoms with van der Waals surface area (Å²) in [4.78, 5) is 8.99. The molecule has 15 heavy (non-hydrogen) atoms. The molecule has 0 saturated carbocycles. The SMILES string of the molecule is CCc1nc2c(nc1C)C(N)=NSN2C. The van der Waals surface area contributed by atoms with E-state index in [2.05, 4.69) is 21.3 Å². The van der Waals surface area contributed by atoms with E-state index in [9.17, 15) is 0 Å². The van der Waals surface area contributed by atoms with Crippen molar-refractivity contribution in [3.63, 3.8) is 0 Å². The molecule has 0 amide bonds. The van der Waals surface area contributed by atoms with Crippen molar-refractivity contribution in [3.05, 3.63) is 17.1 Å². The minimum absolute atomic E-state index is 0.450. The van der Waals surface area contributed by atoms with Gasteiger partial charge in [0, 0.05) is 7.05 Å². The van der Waals surface area contributed by atoms with Crippen molar-refractivity contribution in [3.8, 4) is 0 Å². The van der Waals surface area contributed by atoms with E-state index in [4.69, 9.17) is 5.73 Å². The van der Waals surface area contributed by atoms with Gasteiger partial charge in [-0.1, -0.05) is 6.92 Å². The van der Waals surface area contributed by atoms with Gasteiger partial charge in [0.05, 0.1) is 23.5 Å². The maximum absolute atomic E-state index is 5.77. The summed E-state index contributed by atoms with van der Waals surface area (Å²) in [7, 11) is 1.91. The molecule has 1 aliphatic rings. The van der Waals surface area contributed by atoms with Gasteiger partial charge >= 0.3 is 0 Å². The molecule has 0 fully saturated rings. The molecule has 0 bridgehead atoms. The third kappa shape index (κ3) is 1.65. The molecule has 1 aromatic heterocycles. The molecule has 1 aliphatic heterocycles. The molecule has 0 saturated heterocycles. The van der Waals surface area contributed by atoms with Gasteiger partial charge in [0.2, 0.25) is 0 Å². The molecule has 0 radical (unpaired) electrons. The third-order valence-corrected chi connectivity index (χ3v) is 2.98. The van der Waals surface area contributed by atoms with Crippen LogP contribution in [-0.2, 0) is 6.42 Å². The molecular weight excluding hydrogens is 210 g/mol. The van der Waals surface area contributed by atoms with Gasteiger partial charge < -0.3 is 5.73 Å². The van der Waals surface area contributed by atoms with Gasteiger partial charge in [-0.15, -0.1) is 0 Å². The highest BCUT2D eigenvalue weighted by Gasteiger charge is 2.21. The molecule has 6 heteroatoms. The lowest BCUT2D eigenvalue weighted by Gasteiger charge is -2.22. The first-order valence-corrected chi connectivity index (χ1v) is 5.48. The van der Waals surface area contributed by atoms with Crippen LogP contribution in [0.5, 0.6) is 0 Å². The number of anilines is 1. The lowest BCUT2D eigenvalue weighted by molar-refractivity contribution is 0.942. The average Bonchev–Trinajstić information content (AvgIpc) is 2.23. The second kappa shape index (κ2) is 3.69. The minimum atomic E-state index is 0.450. The number of aryl methyl sites for hydroxylation is 2. The van der Waals surface area contributed by atoms with Crippen LogP contribution in [-0.4, -0.2) is 22.9 Å². The van der Waals surface area contributed by atoms with Crippen LogP contribution in [0.1, 0.15) is 24.0 Å². The maximum Gasteiger partial charge on any atom is 0.169 e. The fraction of sp³-hybridized carbons (Fsp3) is 0.444. The van der Waals surface area contributed by atoms with Gasteiger partial charge in [-0.05, 0) is 13.3 Å². The van der Waals surface area contributed by atoms with Crippen LogP contribution < -0.4 is 10.0 Å². The Balaban J connectivity index is 2.60. The lowest BCUT2D eigenvalue weighted by Crippen LogP contribution is -2.26. The van der Waals surface area contributed by atoms with Crippen molar-refractivity contribution < 1.29 is 0 Å². The van der Waals surface area contributed by atoms with Crippen LogP contribution in [0.2, 0.25) is 0 Å². The molecule has 0 spiro atoms. The van der Waals surface area contributed by atoms with E-state index in [1.807, 2.05) is 18.3 Å². The highest BCUT2D eigenvalue weighted by atomic mass is 32.2. The predicted octanol–water partition coefficient (Wildman–Crippen LogP) is 1.07. The first-order chi connectivity index (χ1) is 7.13. The Morgan fingerprint density at radius 2 is 2.13 bits per heavy atom. The fourth-order valence-corrected chi connectivity index (χ4v) is 1.96. The van der Waals surface area contributed by atoms with E-state index >= 15 is 0 Å². The highest BCUT2D eigenvalue weighted by Crippen LogP contribution is 2.28. The molecule has 0 aliphatic carbocycles. The molecule has 2 rings (SSSR count). The zero-order valence-electron chi connectivity index (χ0n) is 8.98. The first-order valence-electron chi connectivity index (χ1n) is 4.75. The summed E-state index contributed by atoms with van der Waals surface area (Å²) in [6, 6.07) is 0. The summed E-state index contributed by atoms with van der Waals surface area (Å²) in [5.74, 6) is 1.25. The number of hydrogen-bond acceptors (Lipinski definition) is 6. The summed E-state index contributed by atoms with van der Waals surface area (Å²) >= 11 is 1.29. The van der Waals surface area contributed by atoms with E-state index in [0.717, 1.165) is 23.6 Å². The van der Waals surface area contributed by atoms with Crippen LogP contribution in [0.4, 0.5) is 5.82 Å². The van der Waals surface area contributed by atoms with Crippen molar-refractivity contribution in [2.45, 2.75) is 20.3 Å². The largest absolute Gasteiger partial charge is 0.381 e. The van der Waals surface area contributed by atoms with E-state index in [0.29, 0.717) is 11.5 Å². The number of aromatic nitrogens is 2. The van der Waals surface area contributed by atoms with Crippen molar-refractivity contribution in [1.29, 1.82) is 0 Å². The molecule has 2 heterocycles. The van der Waals surface area contributed by atoms with Crippen LogP contribution in [0, 0.1) is 6.92 Å². The number of amidine groups is 1. The van der Waals surface area contributed by atoms with Crippen molar-refractivity contribution >= 4 is 23.8 Å².